The molecule has 4 heteroatoms. The Balaban J connectivity index is 3.68. The van der Waals surface area contributed by atoms with Crippen LogP contribution in [0.2, 0.25) is 0 Å². The van der Waals surface area contributed by atoms with Crippen molar-refractivity contribution in [3.05, 3.63) is 0 Å². The molecule has 0 aromatic rings. The van der Waals surface area contributed by atoms with Gasteiger partial charge in [0.25, 0.3) is 0 Å². The molecule has 0 fully saturated rings. The zero-order valence-electron chi connectivity index (χ0n) is 13.4. The predicted octanol–water partition coefficient (Wildman–Crippen LogP) is 2.63. The smallest absolute Gasteiger partial charge is 0.0784 e. The SMILES string of the molecule is CC(C)CC(C)OC(C)COC(C)COC(C)CO. The first-order chi connectivity index (χ1) is 8.85. The molecule has 0 radical (unpaired) electrons. The highest BCUT2D eigenvalue weighted by Crippen LogP contribution is 2.10. The summed E-state index contributed by atoms with van der Waals surface area (Å²) in [5.41, 5.74) is 0. The fraction of sp³-hybridized carbons (Fsp3) is 1.00. The summed E-state index contributed by atoms with van der Waals surface area (Å²) in [5.74, 6) is 0.649. The van der Waals surface area contributed by atoms with Gasteiger partial charge in [-0.15, -0.1) is 0 Å². The van der Waals surface area contributed by atoms with E-state index in [4.69, 9.17) is 19.3 Å². The van der Waals surface area contributed by atoms with Gasteiger partial charge in [0.05, 0.1) is 44.2 Å². The number of aliphatic hydroxyl groups is 1. The van der Waals surface area contributed by atoms with Crippen molar-refractivity contribution in [1.29, 1.82) is 0 Å². The van der Waals surface area contributed by atoms with Gasteiger partial charge in [-0.05, 0) is 40.0 Å². The molecule has 0 aliphatic carbocycles. The Labute approximate surface area is 118 Å². The number of ether oxygens (including phenoxy) is 3. The van der Waals surface area contributed by atoms with Crippen LogP contribution in [0.15, 0.2) is 0 Å². The first kappa shape index (κ1) is 18.8. The molecular weight excluding hydrogens is 244 g/mol. The maximum absolute atomic E-state index is 8.85. The van der Waals surface area contributed by atoms with Gasteiger partial charge in [-0.25, -0.2) is 0 Å². The molecule has 0 saturated carbocycles. The Hall–Kier alpha value is -0.160. The Bertz CT molecular complexity index is 208. The normalized spacial score (nSPS) is 18.3. The van der Waals surface area contributed by atoms with Crippen molar-refractivity contribution in [2.24, 2.45) is 5.92 Å². The van der Waals surface area contributed by atoms with E-state index in [-0.39, 0.29) is 31.0 Å². The van der Waals surface area contributed by atoms with E-state index in [0.717, 1.165) is 6.42 Å². The number of hydrogen-bond donors (Lipinski definition) is 1. The molecule has 0 bridgehead atoms. The molecule has 4 nitrogen and oxygen atoms in total. The summed E-state index contributed by atoms with van der Waals surface area (Å²) in [7, 11) is 0. The standard InChI is InChI=1S/C15H32O4/c1-11(2)7-12(3)19-15(6)10-18-14(5)9-17-13(4)8-16/h11-16H,7-10H2,1-6H3. The highest BCUT2D eigenvalue weighted by atomic mass is 16.6. The molecule has 0 aromatic carbocycles. The van der Waals surface area contributed by atoms with Crippen molar-refractivity contribution >= 4 is 0 Å². The molecule has 0 saturated heterocycles. The fourth-order valence-corrected chi connectivity index (χ4v) is 1.86. The minimum Gasteiger partial charge on any atom is -0.394 e. The van der Waals surface area contributed by atoms with E-state index in [1.165, 1.54) is 0 Å². The van der Waals surface area contributed by atoms with E-state index >= 15 is 0 Å². The summed E-state index contributed by atoms with van der Waals surface area (Å²) in [5, 5.41) is 8.85. The van der Waals surface area contributed by atoms with Crippen LogP contribution < -0.4 is 0 Å². The van der Waals surface area contributed by atoms with Crippen LogP contribution in [0.3, 0.4) is 0 Å². The van der Waals surface area contributed by atoms with Gasteiger partial charge in [0.1, 0.15) is 0 Å². The third-order valence-corrected chi connectivity index (χ3v) is 2.76. The first-order valence-electron chi connectivity index (χ1n) is 7.34. The lowest BCUT2D eigenvalue weighted by Crippen LogP contribution is -2.28. The van der Waals surface area contributed by atoms with Gasteiger partial charge in [0.2, 0.25) is 0 Å². The van der Waals surface area contributed by atoms with E-state index < -0.39 is 0 Å². The van der Waals surface area contributed by atoms with E-state index in [1.54, 1.807) is 0 Å². The van der Waals surface area contributed by atoms with Crippen LogP contribution >= 0.6 is 0 Å². The topological polar surface area (TPSA) is 47.9 Å². The van der Waals surface area contributed by atoms with E-state index in [0.29, 0.717) is 19.1 Å². The Morgan fingerprint density at radius 2 is 1.26 bits per heavy atom. The third kappa shape index (κ3) is 11.4. The summed E-state index contributed by atoms with van der Waals surface area (Å²) in [6, 6.07) is 0. The number of aliphatic hydroxyl groups excluding tert-OH is 1. The largest absolute Gasteiger partial charge is 0.394 e. The van der Waals surface area contributed by atoms with Crippen LogP contribution in [0.1, 0.15) is 48.0 Å². The zero-order valence-corrected chi connectivity index (χ0v) is 13.4. The van der Waals surface area contributed by atoms with Crippen molar-refractivity contribution in [3.8, 4) is 0 Å². The summed E-state index contributed by atoms with van der Waals surface area (Å²) in [4.78, 5) is 0. The monoisotopic (exact) mass is 276 g/mol. The molecule has 0 rings (SSSR count). The molecule has 4 unspecified atom stereocenters. The Morgan fingerprint density at radius 3 is 1.79 bits per heavy atom. The average molecular weight is 276 g/mol. The highest BCUT2D eigenvalue weighted by molar-refractivity contribution is 4.59. The lowest BCUT2D eigenvalue weighted by atomic mass is 10.1. The highest BCUT2D eigenvalue weighted by Gasteiger charge is 2.12. The second-order valence-corrected chi connectivity index (χ2v) is 5.86. The van der Waals surface area contributed by atoms with Gasteiger partial charge in [0, 0.05) is 0 Å². The van der Waals surface area contributed by atoms with Crippen LogP contribution in [0, 0.1) is 5.92 Å². The second kappa shape index (κ2) is 10.6. The van der Waals surface area contributed by atoms with Crippen LogP contribution in [-0.2, 0) is 14.2 Å². The van der Waals surface area contributed by atoms with Gasteiger partial charge >= 0.3 is 0 Å². The summed E-state index contributed by atoms with van der Waals surface area (Å²) in [6.07, 6.45) is 1.30. The van der Waals surface area contributed by atoms with Crippen molar-refractivity contribution in [2.75, 3.05) is 19.8 Å². The number of rotatable bonds is 11. The molecular formula is C15H32O4. The molecule has 0 amide bonds. The van der Waals surface area contributed by atoms with Crippen LogP contribution in [-0.4, -0.2) is 49.3 Å². The van der Waals surface area contributed by atoms with Crippen molar-refractivity contribution in [3.63, 3.8) is 0 Å². The fourth-order valence-electron chi connectivity index (χ4n) is 1.86. The number of hydrogen-bond acceptors (Lipinski definition) is 4. The van der Waals surface area contributed by atoms with E-state index in [1.807, 2.05) is 20.8 Å². The quantitative estimate of drug-likeness (QED) is 0.630. The minimum absolute atomic E-state index is 0.0143. The lowest BCUT2D eigenvalue weighted by molar-refractivity contribution is -0.0891. The molecule has 116 valence electrons. The first-order valence-corrected chi connectivity index (χ1v) is 7.34. The van der Waals surface area contributed by atoms with Crippen LogP contribution in [0.4, 0.5) is 0 Å². The Morgan fingerprint density at radius 1 is 0.737 bits per heavy atom. The van der Waals surface area contributed by atoms with E-state index in [9.17, 15) is 0 Å². The van der Waals surface area contributed by atoms with Gasteiger partial charge in [-0.1, -0.05) is 13.8 Å². The minimum atomic E-state index is -0.134. The van der Waals surface area contributed by atoms with Crippen molar-refractivity contribution in [2.45, 2.75) is 72.4 Å². The second-order valence-electron chi connectivity index (χ2n) is 5.86. The molecule has 0 aromatic heterocycles. The van der Waals surface area contributed by atoms with Crippen molar-refractivity contribution < 1.29 is 19.3 Å². The third-order valence-electron chi connectivity index (χ3n) is 2.76. The van der Waals surface area contributed by atoms with Crippen LogP contribution in [0.5, 0.6) is 0 Å². The molecule has 0 spiro atoms. The Kier molecular flexibility index (Phi) is 10.5. The molecule has 0 aliphatic rings. The maximum atomic E-state index is 8.85. The van der Waals surface area contributed by atoms with Gasteiger partial charge in [0.15, 0.2) is 0 Å². The summed E-state index contributed by atoms with van der Waals surface area (Å²) >= 11 is 0. The molecule has 19 heavy (non-hydrogen) atoms. The van der Waals surface area contributed by atoms with Crippen LogP contribution in [0.25, 0.3) is 0 Å². The molecule has 0 heterocycles. The molecule has 0 aliphatic heterocycles. The maximum Gasteiger partial charge on any atom is 0.0784 e. The summed E-state index contributed by atoms with van der Waals surface area (Å²) < 4.78 is 16.9. The lowest BCUT2D eigenvalue weighted by Gasteiger charge is -2.22. The van der Waals surface area contributed by atoms with Gasteiger partial charge in [-0.2, -0.15) is 0 Å². The summed E-state index contributed by atoms with van der Waals surface area (Å²) in [6.45, 7) is 13.4. The van der Waals surface area contributed by atoms with Crippen molar-refractivity contribution in [1.82, 2.24) is 0 Å². The molecule has 4 atom stereocenters. The average Bonchev–Trinajstić information content (AvgIpc) is 2.32. The zero-order chi connectivity index (χ0) is 14.8. The van der Waals surface area contributed by atoms with Gasteiger partial charge in [-0.3, -0.25) is 0 Å². The van der Waals surface area contributed by atoms with E-state index in [2.05, 4.69) is 20.8 Å². The molecule has 1 N–H and O–H groups in total. The predicted molar refractivity (Wildman–Crippen MR) is 77.4 cm³/mol. The van der Waals surface area contributed by atoms with Gasteiger partial charge < -0.3 is 19.3 Å².